The molecule has 0 aliphatic carbocycles. The van der Waals surface area contributed by atoms with Gasteiger partial charge in [-0.2, -0.15) is 4.98 Å². The van der Waals surface area contributed by atoms with Gasteiger partial charge >= 0.3 is 5.97 Å². The van der Waals surface area contributed by atoms with Gasteiger partial charge in [-0.05, 0) is 60.0 Å². The standard InChI is InChI=1S/C30H25ClN4O4/c31-22-6-1-19(2-7-22)15-27-32-13-11-29(34-27)39-23-8-3-20(4-9-23)16-28-33-25-10-5-21(30(36)37)17-26(25)35(28)18-24-12-14-38-24/h1-11,13,17,24H,12,14-16,18H2,(H,36,37)/t24-/m0/s1. The van der Waals surface area contributed by atoms with Gasteiger partial charge in [0.25, 0.3) is 0 Å². The largest absolute Gasteiger partial charge is 0.478 e. The molecule has 9 heteroatoms. The number of aromatic nitrogens is 4. The minimum atomic E-state index is -0.956. The summed E-state index contributed by atoms with van der Waals surface area (Å²) in [6.45, 7) is 1.39. The third kappa shape index (κ3) is 5.77. The van der Waals surface area contributed by atoms with E-state index in [1.54, 1.807) is 30.5 Å². The van der Waals surface area contributed by atoms with Gasteiger partial charge in [0.05, 0.1) is 29.2 Å². The average molecular weight is 541 g/mol. The van der Waals surface area contributed by atoms with Crippen LogP contribution < -0.4 is 4.74 Å². The minimum Gasteiger partial charge on any atom is -0.478 e. The summed E-state index contributed by atoms with van der Waals surface area (Å²) < 4.78 is 13.7. The van der Waals surface area contributed by atoms with Crippen LogP contribution in [0.3, 0.4) is 0 Å². The Morgan fingerprint density at radius 1 is 1.00 bits per heavy atom. The van der Waals surface area contributed by atoms with E-state index in [1.165, 1.54) is 0 Å². The lowest BCUT2D eigenvalue weighted by Gasteiger charge is -2.27. The fourth-order valence-electron chi connectivity index (χ4n) is 4.56. The van der Waals surface area contributed by atoms with Gasteiger partial charge in [0.2, 0.25) is 5.88 Å². The van der Waals surface area contributed by atoms with E-state index in [9.17, 15) is 9.90 Å². The fraction of sp³-hybridized carbons (Fsp3) is 0.200. The van der Waals surface area contributed by atoms with Crippen molar-refractivity contribution < 1.29 is 19.4 Å². The van der Waals surface area contributed by atoms with E-state index < -0.39 is 5.97 Å². The lowest BCUT2D eigenvalue weighted by Crippen LogP contribution is -2.31. The second-order valence-corrected chi connectivity index (χ2v) is 9.90. The SMILES string of the molecule is O=C(O)c1ccc2nc(Cc3ccc(Oc4ccnc(Cc5ccc(Cl)cc5)n4)cc3)n(C[C@@H]3CCO3)c2c1. The number of rotatable bonds is 9. The Labute approximate surface area is 229 Å². The molecule has 6 rings (SSSR count). The van der Waals surface area contributed by atoms with Crippen molar-refractivity contribution in [2.24, 2.45) is 0 Å². The van der Waals surface area contributed by atoms with Crippen LogP contribution in [-0.2, 0) is 24.1 Å². The highest BCUT2D eigenvalue weighted by molar-refractivity contribution is 6.30. The number of hydrogen-bond acceptors (Lipinski definition) is 6. The summed E-state index contributed by atoms with van der Waals surface area (Å²) in [5.41, 5.74) is 3.94. The summed E-state index contributed by atoms with van der Waals surface area (Å²) in [4.78, 5) is 25.3. The molecule has 0 radical (unpaired) electrons. The Hall–Kier alpha value is -4.27. The third-order valence-electron chi connectivity index (χ3n) is 6.72. The van der Waals surface area contributed by atoms with Crippen molar-refractivity contribution in [3.05, 3.63) is 112 Å². The van der Waals surface area contributed by atoms with Crippen molar-refractivity contribution in [1.82, 2.24) is 19.5 Å². The molecule has 39 heavy (non-hydrogen) atoms. The summed E-state index contributed by atoms with van der Waals surface area (Å²) in [5.74, 6) is 1.70. The van der Waals surface area contributed by atoms with Gasteiger partial charge in [-0.3, -0.25) is 0 Å². The molecule has 2 aromatic heterocycles. The first kappa shape index (κ1) is 25.0. The van der Waals surface area contributed by atoms with Gasteiger partial charge in [0.1, 0.15) is 17.4 Å². The topological polar surface area (TPSA) is 99.4 Å². The summed E-state index contributed by atoms with van der Waals surface area (Å²) >= 11 is 5.98. The lowest BCUT2D eigenvalue weighted by atomic mass is 10.1. The van der Waals surface area contributed by atoms with Crippen LogP contribution in [-0.4, -0.2) is 43.3 Å². The molecule has 0 spiro atoms. The van der Waals surface area contributed by atoms with Gasteiger partial charge < -0.3 is 19.1 Å². The van der Waals surface area contributed by atoms with E-state index in [1.807, 2.05) is 48.5 Å². The van der Waals surface area contributed by atoms with Crippen molar-refractivity contribution in [1.29, 1.82) is 0 Å². The predicted octanol–water partition coefficient (Wildman–Crippen LogP) is 5.94. The highest BCUT2D eigenvalue weighted by Gasteiger charge is 2.22. The van der Waals surface area contributed by atoms with E-state index in [4.69, 9.17) is 26.1 Å². The molecule has 0 amide bonds. The van der Waals surface area contributed by atoms with Crippen molar-refractivity contribution in [3.8, 4) is 11.6 Å². The maximum atomic E-state index is 11.5. The number of halogens is 1. The average Bonchev–Trinajstić information content (AvgIpc) is 3.25. The van der Waals surface area contributed by atoms with E-state index in [2.05, 4.69) is 14.5 Å². The highest BCUT2D eigenvalue weighted by Crippen LogP contribution is 2.25. The molecule has 0 unspecified atom stereocenters. The number of benzene rings is 3. The fourth-order valence-corrected chi connectivity index (χ4v) is 4.69. The van der Waals surface area contributed by atoms with Crippen molar-refractivity contribution >= 4 is 28.6 Å². The number of nitrogens with zero attached hydrogens (tertiary/aromatic N) is 4. The van der Waals surface area contributed by atoms with Crippen LogP contribution in [0.4, 0.5) is 0 Å². The monoisotopic (exact) mass is 540 g/mol. The normalized spacial score (nSPS) is 14.7. The van der Waals surface area contributed by atoms with Crippen LogP contribution in [0, 0.1) is 0 Å². The highest BCUT2D eigenvalue weighted by atomic mass is 35.5. The zero-order valence-corrected chi connectivity index (χ0v) is 21.7. The van der Waals surface area contributed by atoms with E-state index >= 15 is 0 Å². The molecule has 196 valence electrons. The van der Waals surface area contributed by atoms with Gasteiger partial charge in [-0.15, -0.1) is 0 Å². The molecular formula is C30H25ClN4O4. The number of carboxylic acids is 1. The van der Waals surface area contributed by atoms with E-state index in [0.717, 1.165) is 41.0 Å². The van der Waals surface area contributed by atoms with Gasteiger partial charge in [0, 0.05) is 36.7 Å². The Morgan fingerprint density at radius 2 is 1.74 bits per heavy atom. The van der Waals surface area contributed by atoms with Crippen molar-refractivity contribution in [2.75, 3.05) is 6.61 Å². The Bertz CT molecular complexity index is 1630. The summed E-state index contributed by atoms with van der Waals surface area (Å²) in [5, 5.41) is 10.2. The number of aromatic carboxylic acids is 1. The number of ether oxygens (including phenoxy) is 2. The number of carboxylic acid groups (broad SMARTS) is 1. The smallest absolute Gasteiger partial charge is 0.335 e. The minimum absolute atomic E-state index is 0.114. The molecule has 3 aromatic carbocycles. The summed E-state index contributed by atoms with van der Waals surface area (Å²) in [6, 6.07) is 22.2. The summed E-state index contributed by atoms with van der Waals surface area (Å²) in [6.07, 6.45) is 3.95. The molecule has 1 saturated heterocycles. The number of carbonyl (C=O) groups is 1. The number of imidazole rings is 1. The zero-order valence-electron chi connectivity index (χ0n) is 21.0. The van der Waals surface area contributed by atoms with Crippen LogP contribution in [0.5, 0.6) is 11.6 Å². The van der Waals surface area contributed by atoms with E-state index in [0.29, 0.717) is 41.9 Å². The first-order valence-corrected chi connectivity index (χ1v) is 13.1. The number of fused-ring (bicyclic) bond motifs is 1. The van der Waals surface area contributed by atoms with Crippen LogP contribution in [0.15, 0.2) is 79.0 Å². The molecule has 1 aliphatic heterocycles. The maximum absolute atomic E-state index is 11.5. The van der Waals surface area contributed by atoms with Gasteiger partial charge in [-0.1, -0.05) is 35.9 Å². The Kier molecular flexibility index (Phi) is 6.96. The molecule has 5 aromatic rings. The molecule has 1 aliphatic rings. The first-order chi connectivity index (χ1) is 19.0. The van der Waals surface area contributed by atoms with Crippen LogP contribution in [0.25, 0.3) is 11.0 Å². The van der Waals surface area contributed by atoms with Gasteiger partial charge in [-0.25, -0.2) is 14.8 Å². The number of hydrogen-bond donors (Lipinski definition) is 1. The predicted molar refractivity (Wildman–Crippen MR) is 147 cm³/mol. The molecule has 0 saturated carbocycles. The lowest BCUT2D eigenvalue weighted by molar-refractivity contribution is -0.0589. The first-order valence-electron chi connectivity index (χ1n) is 12.7. The van der Waals surface area contributed by atoms with Crippen molar-refractivity contribution in [3.63, 3.8) is 0 Å². The third-order valence-corrected chi connectivity index (χ3v) is 6.97. The molecule has 1 atom stereocenters. The van der Waals surface area contributed by atoms with Crippen LogP contribution in [0.1, 0.15) is 39.6 Å². The molecule has 3 heterocycles. The van der Waals surface area contributed by atoms with Crippen LogP contribution >= 0.6 is 11.6 Å². The Balaban J connectivity index is 1.18. The summed E-state index contributed by atoms with van der Waals surface area (Å²) in [7, 11) is 0. The quantitative estimate of drug-likeness (QED) is 0.247. The van der Waals surface area contributed by atoms with Crippen molar-refractivity contribution in [2.45, 2.75) is 31.9 Å². The van der Waals surface area contributed by atoms with Crippen LogP contribution in [0.2, 0.25) is 5.02 Å². The maximum Gasteiger partial charge on any atom is 0.335 e. The molecule has 0 bridgehead atoms. The molecule has 1 N–H and O–H groups in total. The molecular weight excluding hydrogens is 516 g/mol. The zero-order chi connectivity index (χ0) is 26.8. The Morgan fingerprint density at radius 3 is 2.46 bits per heavy atom. The van der Waals surface area contributed by atoms with Gasteiger partial charge in [0.15, 0.2) is 0 Å². The second-order valence-electron chi connectivity index (χ2n) is 9.47. The molecule has 8 nitrogen and oxygen atoms in total. The molecule has 1 fully saturated rings. The van der Waals surface area contributed by atoms with E-state index in [-0.39, 0.29) is 11.7 Å². The second kappa shape index (κ2) is 10.8.